The van der Waals surface area contributed by atoms with Crippen molar-refractivity contribution in [3.8, 4) is 0 Å². The van der Waals surface area contributed by atoms with Gasteiger partial charge in [-0.1, -0.05) is 6.92 Å². The van der Waals surface area contributed by atoms with Crippen LogP contribution in [-0.4, -0.2) is 20.1 Å². The molecule has 0 bridgehead atoms. The highest BCUT2D eigenvalue weighted by atomic mass is 32.2. The largest absolute Gasteiger partial charge is 0.416 e. The summed E-state index contributed by atoms with van der Waals surface area (Å²) >= 11 is 0. The van der Waals surface area contributed by atoms with E-state index in [0.29, 0.717) is 18.2 Å². The van der Waals surface area contributed by atoms with Crippen molar-refractivity contribution in [2.24, 2.45) is 5.92 Å². The monoisotopic (exact) mass is 394 g/mol. The Bertz CT molecular complexity index is 876. The number of alkyl halides is 3. The third-order valence-corrected chi connectivity index (χ3v) is 6.23. The molecule has 9 heteroatoms. The highest BCUT2D eigenvalue weighted by Gasteiger charge is 2.37. The molecule has 2 aromatic carbocycles. The molecule has 0 amide bonds. The van der Waals surface area contributed by atoms with Crippen molar-refractivity contribution >= 4 is 9.84 Å². The first-order valence-electron chi connectivity index (χ1n) is 7.45. The molecule has 142 valence electrons. The molecule has 0 spiro atoms. The molecular formula is C17H15F5O3S. The van der Waals surface area contributed by atoms with Crippen molar-refractivity contribution in [2.45, 2.75) is 23.2 Å². The van der Waals surface area contributed by atoms with E-state index in [1.54, 1.807) is 0 Å². The lowest BCUT2D eigenvalue weighted by Gasteiger charge is -2.24. The third kappa shape index (κ3) is 4.04. The van der Waals surface area contributed by atoms with Gasteiger partial charge in [-0.25, -0.2) is 17.2 Å². The Hall–Kier alpha value is -2.00. The molecule has 3 nitrogen and oxygen atoms in total. The summed E-state index contributed by atoms with van der Waals surface area (Å²) in [5.74, 6) is -2.90. The Labute approximate surface area is 147 Å². The zero-order chi connectivity index (χ0) is 19.7. The Morgan fingerprint density at radius 3 is 2.12 bits per heavy atom. The van der Waals surface area contributed by atoms with Gasteiger partial charge in [0.15, 0.2) is 9.84 Å². The molecule has 0 aromatic heterocycles. The molecular weight excluding hydrogens is 379 g/mol. The topological polar surface area (TPSA) is 54.4 Å². The van der Waals surface area contributed by atoms with Gasteiger partial charge in [0, 0.05) is 18.1 Å². The van der Waals surface area contributed by atoms with Crippen LogP contribution in [0.15, 0.2) is 47.4 Å². The summed E-state index contributed by atoms with van der Waals surface area (Å²) in [5, 5.41) is 7.69. The zero-order valence-corrected chi connectivity index (χ0v) is 14.3. The average Bonchev–Trinajstić information content (AvgIpc) is 2.57. The van der Waals surface area contributed by atoms with Crippen LogP contribution >= 0.6 is 0 Å². The van der Waals surface area contributed by atoms with Crippen molar-refractivity contribution in [3.05, 3.63) is 65.2 Å². The van der Waals surface area contributed by atoms with Crippen LogP contribution in [-0.2, 0) is 16.0 Å². The van der Waals surface area contributed by atoms with Crippen LogP contribution in [0.1, 0.15) is 23.3 Å². The summed E-state index contributed by atoms with van der Waals surface area (Å²) in [6.45, 7) is 0.664. The molecule has 0 heterocycles. The van der Waals surface area contributed by atoms with Gasteiger partial charge in [0.05, 0.1) is 15.7 Å². The summed E-state index contributed by atoms with van der Waals surface area (Å²) in [6.07, 6.45) is -4.64. The van der Waals surface area contributed by atoms with Crippen LogP contribution in [0.5, 0.6) is 0 Å². The summed E-state index contributed by atoms with van der Waals surface area (Å²) in [4.78, 5) is -0.487. The minimum Gasteiger partial charge on any atom is -0.396 e. The number of aliphatic hydroxyl groups is 1. The maximum absolute atomic E-state index is 14.1. The number of halogens is 5. The maximum atomic E-state index is 14.1. The van der Waals surface area contributed by atoms with E-state index < -0.39 is 61.4 Å². The van der Waals surface area contributed by atoms with Crippen molar-refractivity contribution < 1.29 is 35.5 Å². The zero-order valence-electron chi connectivity index (χ0n) is 13.5. The molecule has 0 aliphatic heterocycles. The van der Waals surface area contributed by atoms with Crippen molar-refractivity contribution in [1.29, 1.82) is 0 Å². The van der Waals surface area contributed by atoms with Gasteiger partial charge in [0.2, 0.25) is 0 Å². The first-order valence-corrected chi connectivity index (χ1v) is 9.00. The van der Waals surface area contributed by atoms with E-state index in [1.807, 2.05) is 0 Å². The first-order chi connectivity index (χ1) is 12.0. The van der Waals surface area contributed by atoms with Crippen LogP contribution in [0.2, 0.25) is 0 Å². The number of hydrogen-bond donors (Lipinski definition) is 1. The fraction of sp³-hybridized carbons (Fsp3) is 0.294. The van der Waals surface area contributed by atoms with Crippen molar-refractivity contribution in [1.82, 2.24) is 0 Å². The number of benzene rings is 2. The summed E-state index contributed by atoms with van der Waals surface area (Å²) < 4.78 is 91.3. The lowest BCUT2D eigenvalue weighted by molar-refractivity contribution is -0.137. The number of hydrogen-bond acceptors (Lipinski definition) is 3. The average molecular weight is 394 g/mol. The number of sulfone groups is 1. The normalized spacial score (nSPS) is 14.9. The van der Waals surface area contributed by atoms with Gasteiger partial charge < -0.3 is 5.11 Å². The maximum Gasteiger partial charge on any atom is 0.416 e. The van der Waals surface area contributed by atoms with Gasteiger partial charge in [-0.2, -0.15) is 13.2 Å². The summed E-state index contributed by atoms with van der Waals surface area (Å²) in [5.41, 5.74) is -1.54. The van der Waals surface area contributed by atoms with Gasteiger partial charge in [0.1, 0.15) is 11.6 Å². The second kappa shape index (κ2) is 7.32. The van der Waals surface area contributed by atoms with E-state index in [0.717, 1.165) is 24.3 Å². The van der Waals surface area contributed by atoms with Gasteiger partial charge >= 0.3 is 6.18 Å². The minimum absolute atomic E-state index is 0.487. The fourth-order valence-corrected chi connectivity index (χ4v) is 4.61. The highest BCUT2D eigenvalue weighted by molar-refractivity contribution is 7.91. The van der Waals surface area contributed by atoms with E-state index in [2.05, 4.69) is 0 Å². The van der Waals surface area contributed by atoms with Gasteiger partial charge in [-0.05, 0) is 42.5 Å². The van der Waals surface area contributed by atoms with Gasteiger partial charge in [-0.15, -0.1) is 0 Å². The molecule has 2 unspecified atom stereocenters. The standard InChI is InChI=1S/C17H15F5O3S/c1-10(9-23)16(14-8-12(18)4-7-15(14)19)26(24,25)13-5-2-11(3-6-13)17(20,21)22/h2-8,10,16,23H,9H2,1H3. The highest BCUT2D eigenvalue weighted by Crippen LogP contribution is 2.38. The molecule has 2 aromatic rings. The van der Waals surface area contributed by atoms with E-state index >= 15 is 0 Å². The molecule has 0 saturated heterocycles. The molecule has 26 heavy (non-hydrogen) atoms. The second-order valence-electron chi connectivity index (χ2n) is 5.81. The first kappa shape index (κ1) is 20.3. The molecule has 1 N–H and O–H groups in total. The van der Waals surface area contributed by atoms with E-state index in [1.165, 1.54) is 6.92 Å². The predicted molar refractivity (Wildman–Crippen MR) is 84.0 cm³/mol. The molecule has 2 rings (SSSR count). The molecule has 0 saturated carbocycles. The molecule has 0 radical (unpaired) electrons. The van der Waals surface area contributed by atoms with Crippen LogP contribution in [0.4, 0.5) is 22.0 Å². The minimum atomic E-state index is -4.64. The summed E-state index contributed by atoms with van der Waals surface area (Å²) in [7, 11) is -4.40. The SMILES string of the molecule is CC(CO)C(c1cc(F)ccc1F)S(=O)(=O)c1ccc(C(F)(F)F)cc1. The van der Waals surface area contributed by atoms with Crippen molar-refractivity contribution in [3.63, 3.8) is 0 Å². The summed E-state index contributed by atoms with van der Waals surface area (Å²) in [6, 6.07) is 4.96. The Balaban J connectivity index is 2.58. The van der Waals surface area contributed by atoms with Crippen LogP contribution in [0, 0.1) is 17.6 Å². The van der Waals surface area contributed by atoms with Crippen molar-refractivity contribution in [2.75, 3.05) is 6.61 Å². The second-order valence-corrected chi connectivity index (χ2v) is 7.88. The van der Waals surface area contributed by atoms with E-state index in [9.17, 15) is 35.5 Å². The lowest BCUT2D eigenvalue weighted by atomic mass is 10.0. The quantitative estimate of drug-likeness (QED) is 0.776. The van der Waals surface area contributed by atoms with E-state index in [4.69, 9.17) is 0 Å². The van der Waals surface area contributed by atoms with Crippen LogP contribution in [0.3, 0.4) is 0 Å². The van der Waals surface area contributed by atoms with Crippen LogP contribution < -0.4 is 0 Å². The Kier molecular flexibility index (Phi) is 5.72. The molecule has 2 atom stereocenters. The Morgan fingerprint density at radius 2 is 1.62 bits per heavy atom. The van der Waals surface area contributed by atoms with E-state index in [-0.39, 0.29) is 0 Å². The number of rotatable bonds is 5. The van der Waals surface area contributed by atoms with Gasteiger partial charge in [0.25, 0.3) is 0 Å². The number of aliphatic hydroxyl groups excluding tert-OH is 1. The molecule has 0 aliphatic rings. The smallest absolute Gasteiger partial charge is 0.396 e. The molecule has 0 aliphatic carbocycles. The third-order valence-electron chi connectivity index (χ3n) is 3.91. The predicted octanol–water partition coefficient (Wildman–Crippen LogP) is 4.13. The van der Waals surface area contributed by atoms with Gasteiger partial charge in [-0.3, -0.25) is 0 Å². The van der Waals surface area contributed by atoms with Crippen LogP contribution in [0.25, 0.3) is 0 Å². The fourth-order valence-electron chi connectivity index (χ4n) is 2.59. The lowest BCUT2D eigenvalue weighted by Crippen LogP contribution is -2.24. The Morgan fingerprint density at radius 1 is 1.04 bits per heavy atom. The molecule has 0 fully saturated rings.